The zero-order chi connectivity index (χ0) is 37.5. The molecule has 270 valence electrons. The second kappa shape index (κ2) is 12.6. The van der Waals surface area contributed by atoms with Crippen LogP contribution in [0.1, 0.15) is 29.0 Å². The van der Waals surface area contributed by atoms with Crippen LogP contribution in [0.5, 0.6) is 0 Å². The maximum atomic E-state index is 7.01. The van der Waals surface area contributed by atoms with Crippen molar-refractivity contribution in [3.8, 4) is 16.8 Å². The van der Waals surface area contributed by atoms with Gasteiger partial charge >= 0.3 is 0 Å². The number of aliphatic imine (C=N–C) groups is 1. The van der Waals surface area contributed by atoms with Crippen molar-refractivity contribution in [3.63, 3.8) is 0 Å². The summed E-state index contributed by atoms with van der Waals surface area (Å²) in [5.41, 5.74) is 11.9. The highest BCUT2D eigenvalue weighted by molar-refractivity contribution is 6.17. The van der Waals surface area contributed by atoms with E-state index < -0.39 is 0 Å². The topological polar surface area (TPSA) is 67.6 Å². The zero-order valence-corrected chi connectivity index (χ0v) is 30.7. The Morgan fingerprint density at radius 2 is 1.04 bits per heavy atom. The second-order valence-corrected chi connectivity index (χ2v) is 14.7. The van der Waals surface area contributed by atoms with Gasteiger partial charge in [-0.3, -0.25) is 5.32 Å². The van der Waals surface area contributed by atoms with Gasteiger partial charge < -0.3 is 18.7 Å². The normalized spacial score (nSPS) is 15.9. The lowest BCUT2D eigenvalue weighted by molar-refractivity contribution is 0.409. The number of fused-ring (bicyclic) bond motifs is 9. The van der Waals surface area contributed by atoms with Crippen molar-refractivity contribution < 1.29 is 8.83 Å². The van der Waals surface area contributed by atoms with Gasteiger partial charge in [0.05, 0.1) is 16.7 Å². The summed E-state index contributed by atoms with van der Waals surface area (Å²) in [5.74, 6) is 0.855. The van der Waals surface area contributed by atoms with Gasteiger partial charge in [0.25, 0.3) is 0 Å². The molecule has 1 aliphatic heterocycles. The third kappa shape index (κ3) is 4.98. The van der Waals surface area contributed by atoms with Crippen LogP contribution in [0.4, 0.5) is 0 Å². The first-order valence-corrected chi connectivity index (χ1v) is 19.4. The summed E-state index contributed by atoms with van der Waals surface area (Å²) >= 11 is 0. The smallest absolute Gasteiger partial charge is 0.159 e. The number of para-hydroxylation sites is 5. The van der Waals surface area contributed by atoms with Gasteiger partial charge in [0, 0.05) is 49.0 Å². The van der Waals surface area contributed by atoms with Crippen LogP contribution in [0.15, 0.2) is 196 Å². The molecule has 0 saturated heterocycles. The first-order chi connectivity index (χ1) is 28.3. The number of hydrogen-bond acceptors (Lipinski definition) is 5. The van der Waals surface area contributed by atoms with Crippen molar-refractivity contribution in [2.45, 2.75) is 12.3 Å². The standard InChI is InChI=1S/C51H34N4O2/c1-3-14-31(15-4-1)49-52-50(32-16-5-2-6-17-32)54-51(53-49)33-28-29-45-41(30-33)40-23-12-20-36(46(40)56-45)37-21-11-22-38-39-24-13-27-44(48(39)57-47(37)38)55-42-25-9-7-18-34(42)35-19-8-10-26-43(35)55/h1-30,49,51,53H,(H,52,54). The summed E-state index contributed by atoms with van der Waals surface area (Å²) in [7, 11) is 0. The van der Waals surface area contributed by atoms with Crippen LogP contribution in [0.2, 0.25) is 0 Å². The summed E-state index contributed by atoms with van der Waals surface area (Å²) in [6.07, 6.45) is -0.399. The molecule has 6 nitrogen and oxygen atoms in total. The minimum absolute atomic E-state index is 0.118. The highest BCUT2D eigenvalue weighted by Gasteiger charge is 2.27. The Kier molecular flexibility index (Phi) is 7.03. The van der Waals surface area contributed by atoms with E-state index in [0.717, 1.165) is 94.3 Å². The fourth-order valence-corrected chi connectivity index (χ4v) is 8.86. The zero-order valence-electron chi connectivity index (χ0n) is 30.7. The van der Waals surface area contributed by atoms with Crippen molar-refractivity contribution in [2.24, 2.45) is 4.99 Å². The summed E-state index contributed by atoms with van der Waals surface area (Å²) in [6.45, 7) is 0. The van der Waals surface area contributed by atoms with Crippen LogP contribution in [0.25, 0.3) is 82.5 Å². The predicted molar refractivity (Wildman–Crippen MR) is 232 cm³/mol. The van der Waals surface area contributed by atoms with Crippen LogP contribution in [-0.4, -0.2) is 10.4 Å². The monoisotopic (exact) mass is 734 g/mol. The molecule has 2 N–H and O–H groups in total. The van der Waals surface area contributed by atoms with E-state index in [4.69, 9.17) is 13.8 Å². The molecular weight excluding hydrogens is 701 g/mol. The molecule has 0 spiro atoms. The lowest BCUT2D eigenvalue weighted by Crippen LogP contribution is -2.44. The summed E-state index contributed by atoms with van der Waals surface area (Å²) in [5, 5.41) is 14.1. The highest BCUT2D eigenvalue weighted by atomic mass is 16.3. The van der Waals surface area contributed by atoms with Crippen LogP contribution in [-0.2, 0) is 0 Å². The van der Waals surface area contributed by atoms with Gasteiger partial charge in [0.1, 0.15) is 34.9 Å². The Morgan fingerprint density at radius 1 is 0.456 bits per heavy atom. The number of nitrogens with one attached hydrogen (secondary N) is 2. The summed E-state index contributed by atoms with van der Waals surface area (Å²) in [6, 6.07) is 63.6. The van der Waals surface area contributed by atoms with Gasteiger partial charge in [0.15, 0.2) is 5.58 Å². The van der Waals surface area contributed by atoms with Crippen molar-refractivity contribution in [1.82, 2.24) is 15.2 Å². The van der Waals surface area contributed by atoms with E-state index in [2.05, 4.69) is 173 Å². The van der Waals surface area contributed by atoms with Crippen molar-refractivity contribution in [1.29, 1.82) is 0 Å². The molecule has 0 fully saturated rings. The third-order valence-corrected chi connectivity index (χ3v) is 11.5. The molecule has 12 rings (SSSR count). The molecule has 2 unspecified atom stereocenters. The average molecular weight is 735 g/mol. The largest absolute Gasteiger partial charge is 0.455 e. The maximum absolute atomic E-state index is 7.01. The van der Waals surface area contributed by atoms with Gasteiger partial charge in [-0.1, -0.05) is 152 Å². The van der Waals surface area contributed by atoms with E-state index in [1.54, 1.807) is 0 Å². The molecule has 0 amide bonds. The molecule has 0 bridgehead atoms. The molecule has 2 atom stereocenters. The highest BCUT2D eigenvalue weighted by Crippen LogP contribution is 2.44. The fourth-order valence-electron chi connectivity index (χ4n) is 8.86. The maximum Gasteiger partial charge on any atom is 0.159 e. The van der Waals surface area contributed by atoms with E-state index in [9.17, 15) is 0 Å². The Morgan fingerprint density at radius 3 is 1.75 bits per heavy atom. The van der Waals surface area contributed by atoms with Gasteiger partial charge in [-0.05, 0) is 41.5 Å². The molecule has 57 heavy (non-hydrogen) atoms. The average Bonchev–Trinajstić information content (AvgIpc) is 3.96. The van der Waals surface area contributed by atoms with Crippen LogP contribution in [0.3, 0.4) is 0 Å². The number of hydrogen-bond donors (Lipinski definition) is 2. The van der Waals surface area contributed by atoms with E-state index in [1.807, 2.05) is 24.3 Å². The number of amidine groups is 1. The molecule has 1 aliphatic rings. The molecular formula is C51H34N4O2. The van der Waals surface area contributed by atoms with Gasteiger partial charge in [0.2, 0.25) is 0 Å². The predicted octanol–water partition coefficient (Wildman–Crippen LogP) is 12.6. The Balaban J connectivity index is 1.000. The van der Waals surface area contributed by atoms with E-state index in [-0.39, 0.29) is 12.3 Å². The minimum Gasteiger partial charge on any atom is -0.455 e. The molecule has 4 heterocycles. The van der Waals surface area contributed by atoms with Crippen LogP contribution < -0.4 is 10.6 Å². The molecule has 3 aromatic heterocycles. The van der Waals surface area contributed by atoms with E-state index in [0.29, 0.717) is 0 Å². The second-order valence-electron chi connectivity index (χ2n) is 14.7. The number of rotatable bonds is 5. The molecule has 8 aromatic carbocycles. The number of nitrogens with zero attached hydrogens (tertiary/aromatic N) is 2. The number of furan rings is 2. The molecule has 6 heteroatoms. The first-order valence-electron chi connectivity index (χ1n) is 19.4. The van der Waals surface area contributed by atoms with Crippen molar-refractivity contribution >= 4 is 71.5 Å². The van der Waals surface area contributed by atoms with Crippen LogP contribution in [0, 0.1) is 0 Å². The molecule has 0 saturated carbocycles. The summed E-state index contributed by atoms with van der Waals surface area (Å²) < 4.78 is 16.1. The molecule has 11 aromatic rings. The fraction of sp³-hybridized carbons (Fsp3) is 0.0392. The van der Waals surface area contributed by atoms with Gasteiger partial charge in [-0.25, -0.2) is 4.99 Å². The lowest BCUT2D eigenvalue weighted by Gasteiger charge is -2.32. The molecule has 0 aliphatic carbocycles. The van der Waals surface area contributed by atoms with Gasteiger partial charge in [-0.2, -0.15) is 0 Å². The Bertz CT molecular complexity index is 3320. The first kappa shape index (κ1) is 31.9. The van der Waals surface area contributed by atoms with E-state index >= 15 is 0 Å². The molecule has 0 radical (unpaired) electrons. The van der Waals surface area contributed by atoms with Gasteiger partial charge in [-0.15, -0.1) is 0 Å². The van der Waals surface area contributed by atoms with Crippen LogP contribution >= 0.6 is 0 Å². The number of benzene rings is 8. The quantitative estimate of drug-likeness (QED) is 0.185. The Hall–Kier alpha value is -7.41. The third-order valence-electron chi connectivity index (χ3n) is 11.5. The lowest BCUT2D eigenvalue weighted by atomic mass is 9.99. The van der Waals surface area contributed by atoms with Crippen molar-refractivity contribution in [2.75, 3.05) is 0 Å². The summed E-state index contributed by atoms with van der Waals surface area (Å²) in [4.78, 5) is 5.20. The van der Waals surface area contributed by atoms with Crippen molar-refractivity contribution in [3.05, 3.63) is 199 Å². The minimum atomic E-state index is -0.280. The Labute approximate surface area is 327 Å². The SMILES string of the molecule is c1ccc(C2=NC(c3ccc4oc5c(-c6cccc7c6oc6c(-n8c9ccccc9c9ccccc98)cccc67)cccc5c4c3)NC(c3ccccc3)N2)cc1. The number of aromatic nitrogens is 1. The van der Waals surface area contributed by atoms with E-state index in [1.165, 1.54) is 10.8 Å².